The van der Waals surface area contributed by atoms with Crippen molar-refractivity contribution in [3.8, 4) is 0 Å². The summed E-state index contributed by atoms with van der Waals surface area (Å²) in [6, 6.07) is 6.17. The van der Waals surface area contributed by atoms with Crippen molar-refractivity contribution in [3.63, 3.8) is 0 Å². The molecule has 0 spiro atoms. The van der Waals surface area contributed by atoms with E-state index < -0.39 is 11.7 Å². The molecule has 0 saturated carbocycles. The van der Waals surface area contributed by atoms with Crippen LogP contribution in [0.2, 0.25) is 0 Å². The number of halogens is 3. The lowest BCUT2D eigenvalue weighted by Crippen LogP contribution is -2.44. The zero-order valence-electron chi connectivity index (χ0n) is 14.4. The molecular formula is C18H27F3N2O. The second-order valence-corrected chi connectivity index (χ2v) is 6.53. The monoisotopic (exact) mass is 344 g/mol. The molecule has 0 atom stereocenters. The van der Waals surface area contributed by atoms with E-state index >= 15 is 0 Å². The fourth-order valence-corrected chi connectivity index (χ4v) is 3.12. The van der Waals surface area contributed by atoms with Gasteiger partial charge in [-0.05, 0) is 51.4 Å². The van der Waals surface area contributed by atoms with E-state index in [2.05, 4.69) is 10.2 Å². The fraction of sp³-hybridized carbons (Fsp3) is 0.667. The standard InChI is InChI=1S/C18H27F3N2O/c1-14(2)24-12-11-23(16-7-9-22-10-8-16)13-15-5-3-4-6-17(15)18(19,20)21/h3-6,14,16,22H,7-13H2,1-2H3. The van der Waals surface area contributed by atoms with E-state index in [1.807, 2.05) is 13.8 Å². The quantitative estimate of drug-likeness (QED) is 0.817. The Morgan fingerprint density at radius 1 is 1.21 bits per heavy atom. The lowest BCUT2D eigenvalue weighted by molar-refractivity contribution is -0.138. The largest absolute Gasteiger partial charge is 0.416 e. The summed E-state index contributed by atoms with van der Waals surface area (Å²) in [5.41, 5.74) is -0.193. The molecule has 0 aromatic heterocycles. The second kappa shape index (κ2) is 8.83. The molecule has 1 aliphatic rings. The number of piperidine rings is 1. The molecule has 1 heterocycles. The Bertz CT molecular complexity index is 499. The van der Waals surface area contributed by atoms with Crippen LogP contribution in [0.5, 0.6) is 0 Å². The molecule has 6 heteroatoms. The van der Waals surface area contributed by atoms with Crippen molar-refractivity contribution in [2.45, 2.75) is 51.6 Å². The summed E-state index contributed by atoms with van der Waals surface area (Å²) in [6.07, 6.45) is -2.28. The summed E-state index contributed by atoms with van der Waals surface area (Å²) in [6.45, 7) is 7.24. The van der Waals surface area contributed by atoms with Crippen LogP contribution in [0.25, 0.3) is 0 Å². The van der Waals surface area contributed by atoms with Crippen LogP contribution in [0.1, 0.15) is 37.8 Å². The lowest BCUT2D eigenvalue weighted by atomic mass is 10.0. The predicted octanol–water partition coefficient (Wildman–Crippen LogP) is 3.68. The van der Waals surface area contributed by atoms with Gasteiger partial charge in [0.15, 0.2) is 0 Å². The summed E-state index contributed by atoms with van der Waals surface area (Å²) in [5, 5.41) is 3.31. The Kier molecular flexibility index (Phi) is 7.07. The van der Waals surface area contributed by atoms with Gasteiger partial charge in [0.05, 0.1) is 18.3 Å². The molecular weight excluding hydrogens is 317 g/mol. The summed E-state index contributed by atoms with van der Waals surface area (Å²) in [5.74, 6) is 0. The Morgan fingerprint density at radius 2 is 1.88 bits per heavy atom. The van der Waals surface area contributed by atoms with Gasteiger partial charge >= 0.3 is 6.18 Å². The van der Waals surface area contributed by atoms with Crippen LogP contribution >= 0.6 is 0 Å². The van der Waals surface area contributed by atoms with Crippen LogP contribution in [-0.2, 0) is 17.5 Å². The Morgan fingerprint density at radius 3 is 2.50 bits per heavy atom. The molecule has 3 nitrogen and oxygen atoms in total. The number of rotatable bonds is 7. The molecule has 1 aromatic rings. The third kappa shape index (κ3) is 5.76. The minimum atomic E-state index is -4.31. The number of nitrogens with one attached hydrogen (secondary N) is 1. The third-order valence-corrected chi connectivity index (χ3v) is 4.35. The zero-order chi connectivity index (χ0) is 17.6. The highest BCUT2D eigenvalue weighted by molar-refractivity contribution is 5.29. The molecule has 1 saturated heterocycles. The summed E-state index contributed by atoms with van der Waals surface area (Å²) in [7, 11) is 0. The first-order valence-electron chi connectivity index (χ1n) is 8.59. The molecule has 1 aromatic carbocycles. The minimum absolute atomic E-state index is 0.127. The van der Waals surface area contributed by atoms with Crippen LogP contribution in [0.15, 0.2) is 24.3 Å². The maximum atomic E-state index is 13.2. The highest BCUT2D eigenvalue weighted by Crippen LogP contribution is 2.32. The van der Waals surface area contributed by atoms with E-state index in [-0.39, 0.29) is 6.10 Å². The molecule has 24 heavy (non-hydrogen) atoms. The van der Waals surface area contributed by atoms with Crippen molar-refractivity contribution in [2.24, 2.45) is 0 Å². The van der Waals surface area contributed by atoms with Crippen LogP contribution in [-0.4, -0.2) is 43.3 Å². The van der Waals surface area contributed by atoms with E-state index in [1.54, 1.807) is 12.1 Å². The van der Waals surface area contributed by atoms with Gasteiger partial charge in [0, 0.05) is 19.1 Å². The van der Waals surface area contributed by atoms with Crippen LogP contribution < -0.4 is 5.32 Å². The highest BCUT2D eigenvalue weighted by atomic mass is 19.4. The van der Waals surface area contributed by atoms with E-state index in [4.69, 9.17) is 4.74 Å². The number of hydrogen-bond acceptors (Lipinski definition) is 3. The Hall–Kier alpha value is -1.11. The maximum Gasteiger partial charge on any atom is 0.416 e. The molecule has 1 fully saturated rings. The van der Waals surface area contributed by atoms with Gasteiger partial charge in [0.1, 0.15) is 0 Å². The molecule has 2 rings (SSSR count). The Balaban J connectivity index is 2.12. The average Bonchev–Trinajstić information content (AvgIpc) is 2.54. The average molecular weight is 344 g/mol. The number of nitrogens with zero attached hydrogens (tertiary/aromatic N) is 1. The number of hydrogen-bond donors (Lipinski definition) is 1. The van der Waals surface area contributed by atoms with Gasteiger partial charge in [-0.3, -0.25) is 4.90 Å². The second-order valence-electron chi connectivity index (χ2n) is 6.53. The van der Waals surface area contributed by atoms with Gasteiger partial charge in [0.2, 0.25) is 0 Å². The first-order valence-corrected chi connectivity index (χ1v) is 8.59. The summed E-state index contributed by atoms with van der Waals surface area (Å²) >= 11 is 0. The van der Waals surface area contributed by atoms with Gasteiger partial charge in [-0.2, -0.15) is 13.2 Å². The summed E-state index contributed by atoms with van der Waals surface area (Å²) < 4.78 is 45.4. The SMILES string of the molecule is CC(C)OCCN(Cc1ccccc1C(F)(F)F)C1CCNCC1. The van der Waals surface area contributed by atoms with E-state index in [0.717, 1.165) is 25.9 Å². The van der Waals surface area contributed by atoms with Crippen LogP contribution in [0.4, 0.5) is 13.2 Å². The topological polar surface area (TPSA) is 24.5 Å². The molecule has 136 valence electrons. The first-order chi connectivity index (χ1) is 11.4. The summed E-state index contributed by atoms with van der Waals surface area (Å²) in [4.78, 5) is 2.15. The maximum absolute atomic E-state index is 13.2. The number of alkyl halides is 3. The van der Waals surface area contributed by atoms with E-state index in [1.165, 1.54) is 12.1 Å². The zero-order valence-corrected chi connectivity index (χ0v) is 14.4. The Labute approximate surface area is 142 Å². The normalized spacial score (nSPS) is 17.0. The van der Waals surface area contributed by atoms with Gasteiger partial charge in [0.25, 0.3) is 0 Å². The van der Waals surface area contributed by atoms with E-state index in [0.29, 0.717) is 31.3 Å². The number of ether oxygens (including phenoxy) is 1. The minimum Gasteiger partial charge on any atom is -0.377 e. The molecule has 0 bridgehead atoms. The molecule has 0 unspecified atom stereocenters. The van der Waals surface area contributed by atoms with Crippen molar-refractivity contribution in [1.29, 1.82) is 0 Å². The fourth-order valence-electron chi connectivity index (χ4n) is 3.12. The van der Waals surface area contributed by atoms with E-state index in [9.17, 15) is 13.2 Å². The number of benzene rings is 1. The lowest BCUT2D eigenvalue weighted by Gasteiger charge is -2.35. The van der Waals surface area contributed by atoms with Crippen molar-refractivity contribution in [3.05, 3.63) is 35.4 Å². The molecule has 0 radical (unpaired) electrons. The smallest absolute Gasteiger partial charge is 0.377 e. The van der Waals surface area contributed by atoms with Crippen LogP contribution in [0, 0.1) is 0 Å². The van der Waals surface area contributed by atoms with Crippen LogP contribution in [0.3, 0.4) is 0 Å². The van der Waals surface area contributed by atoms with Gasteiger partial charge in [-0.1, -0.05) is 18.2 Å². The van der Waals surface area contributed by atoms with Gasteiger partial charge < -0.3 is 10.1 Å². The van der Waals surface area contributed by atoms with Gasteiger partial charge in [-0.15, -0.1) is 0 Å². The van der Waals surface area contributed by atoms with Crippen molar-refractivity contribution in [1.82, 2.24) is 10.2 Å². The van der Waals surface area contributed by atoms with Crippen molar-refractivity contribution >= 4 is 0 Å². The highest BCUT2D eigenvalue weighted by Gasteiger charge is 2.33. The molecule has 0 amide bonds. The molecule has 1 aliphatic heterocycles. The van der Waals surface area contributed by atoms with Crippen molar-refractivity contribution in [2.75, 3.05) is 26.2 Å². The third-order valence-electron chi connectivity index (χ3n) is 4.35. The predicted molar refractivity (Wildman–Crippen MR) is 88.8 cm³/mol. The molecule has 1 N–H and O–H groups in total. The van der Waals surface area contributed by atoms with Gasteiger partial charge in [-0.25, -0.2) is 0 Å². The van der Waals surface area contributed by atoms with Crippen molar-refractivity contribution < 1.29 is 17.9 Å². The first kappa shape index (κ1) is 19.2. The molecule has 0 aliphatic carbocycles.